The van der Waals surface area contributed by atoms with Gasteiger partial charge in [0.2, 0.25) is 0 Å². The summed E-state index contributed by atoms with van der Waals surface area (Å²) in [6.45, 7) is 1.95. The summed E-state index contributed by atoms with van der Waals surface area (Å²) < 4.78 is 1.79. The number of carbonyl (C=O) groups is 1. The molecule has 0 saturated carbocycles. The van der Waals surface area contributed by atoms with Gasteiger partial charge in [-0.1, -0.05) is 6.07 Å². The number of nitrogens with zero attached hydrogens (tertiary/aromatic N) is 3. The number of imidazole rings is 1. The SMILES string of the molecule is Cc1ccc(-c2ccc3nc(C(N)=O)cn3c2)cn1. The summed E-state index contributed by atoms with van der Waals surface area (Å²) >= 11 is 0. The van der Waals surface area contributed by atoms with E-state index < -0.39 is 5.91 Å². The number of aromatic nitrogens is 3. The molecule has 0 bridgehead atoms. The van der Waals surface area contributed by atoms with Crippen LogP contribution in [0.25, 0.3) is 16.8 Å². The highest BCUT2D eigenvalue weighted by Crippen LogP contribution is 2.19. The Balaban J connectivity index is 2.10. The third-order valence-corrected chi connectivity index (χ3v) is 2.95. The van der Waals surface area contributed by atoms with E-state index in [0.29, 0.717) is 5.65 Å². The lowest BCUT2D eigenvalue weighted by atomic mass is 10.1. The highest BCUT2D eigenvalue weighted by atomic mass is 16.1. The van der Waals surface area contributed by atoms with Crippen molar-refractivity contribution in [3.8, 4) is 11.1 Å². The molecule has 3 rings (SSSR count). The average Bonchev–Trinajstić information content (AvgIpc) is 2.82. The molecule has 0 radical (unpaired) electrons. The lowest BCUT2D eigenvalue weighted by Gasteiger charge is -2.02. The third-order valence-electron chi connectivity index (χ3n) is 2.95. The Morgan fingerprint density at radius 3 is 2.63 bits per heavy atom. The maximum atomic E-state index is 11.1. The Labute approximate surface area is 109 Å². The molecule has 0 unspecified atom stereocenters. The first-order valence-corrected chi connectivity index (χ1v) is 5.85. The normalized spacial score (nSPS) is 10.8. The van der Waals surface area contributed by atoms with Crippen LogP contribution < -0.4 is 5.73 Å². The van der Waals surface area contributed by atoms with Gasteiger partial charge in [-0.25, -0.2) is 4.98 Å². The quantitative estimate of drug-likeness (QED) is 0.755. The van der Waals surface area contributed by atoms with Gasteiger partial charge in [0.25, 0.3) is 5.91 Å². The molecule has 2 N–H and O–H groups in total. The van der Waals surface area contributed by atoms with E-state index >= 15 is 0 Å². The number of amides is 1. The zero-order chi connectivity index (χ0) is 13.4. The van der Waals surface area contributed by atoms with Crippen LogP contribution in [0.2, 0.25) is 0 Å². The predicted octanol–water partition coefficient (Wildman–Crippen LogP) is 1.80. The van der Waals surface area contributed by atoms with E-state index in [4.69, 9.17) is 5.73 Å². The highest BCUT2D eigenvalue weighted by Gasteiger charge is 2.07. The predicted molar refractivity (Wildman–Crippen MR) is 71.7 cm³/mol. The van der Waals surface area contributed by atoms with Crippen LogP contribution >= 0.6 is 0 Å². The first-order chi connectivity index (χ1) is 9.13. The van der Waals surface area contributed by atoms with Crippen molar-refractivity contribution >= 4 is 11.6 Å². The minimum atomic E-state index is -0.526. The van der Waals surface area contributed by atoms with Crippen LogP contribution in [0.5, 0.6) is 0 Å². The number of pyridine rings is 2. The van der Waals surface area contributed by atoms with Crippen LogP contribution in [0.15, 0.2) is 42.9 Å². The second-order valence-corrected chi connectivity index (χ2v) is 4.36. The number of rotatable bonds is 2. The molecule has 3 aromatic heterocycles. The maximum Gasteiger partial charge on any atom is 0.268 e. The van der Waals surface area contributed by atoms with Gasteiger partial charge < -0.3 is 10.1 Å². The lowest BCUT2D eigenvalue weighted by Crippen LogP contribution is -2.10. The van der Waals surface area contributed by atoms with E-state index in [1.54, 1.807) is 10.6 Å². The topological polar surface area (TPSA) is 73.3 Å². The monoisotopic (exact) mass is 252 g/mol. The molecule has 5 nitrogen and oxygen atoms in total. The van der Waals surface area contributed by atoms with E-state index in [-0.39, 0.29) is 5.69 Å². The van der Waals surface area contributed by atoms with Crippen molar-refractivity contribution in [1.29, 1.82) is 0 Å². The fourth-order valence-electron chi connectivity index (χ4n) is 1.92. The Kier molecular flexibility index (Phi) is 2.52. The molecular weight excluding hydrogens is 240 g/mol. The van der Waals surface area contributed by atoms with E-state index in [1.807, 2.05) is 43.6 Å². The summed E-state index contributed by atoms with van der Waals surface area (Å²) in [7, 11) is 0. The zero-order valence-electron chi connectivity index (χ0n) is 10.4. The van der Waals surface area contributed by atoms with Crippen molar-refractivity contribution < 1.29 is 4.79 Å². The van der Waals surface area contributed by atoms with Crippen molar-refractivity contribution in [1.82, 2.24) is 14.4 Å². The van der Waals surface area contributed by atoms with Crippen LogP contribution in [-0.2, 0) is 0 Å². The number of hydrogen-bond donors (Lipinski definition) is 1. The third kappa shape index (κ3) is 2.06. The van der Waals surface area contributed by atoms with Gasteiger partial charge in [-0.3, -0.25) is 9.78 Å². The Morgan fingerprint density at radius 2 is 1.95 bits per heavy atom. The van der Waals surface area contributed by atoms with Crippen molar-refractivity contribution in [2.75, 3.05) is 0 Å². The molecule has 3 aromatic rings. The number of carbonyl (C=O) groups excluding carboxylic acids is 1. The number of aryl methyl sites for hydroxylation is 1. The molecule has 1 amide bonds. The van der Waals surface area contributed by atoms with E-state index in [2.05, 4.69) is 9.97 Å². The van der Waals surface area contributed by atoms with Gasteiger partial charge in [-0.2, -0.15) is 0 Å². The van der Waals surface area contributed by atoms with E-state index in [0.717, 1.165) is 16.8 Å². The smallest absolute Gasteiger partial charge is 0.268 e. The molecule has 0 atom stereocenters. The molecule has 19 heavy (non-hydrogen) atoms. The van der Waals surface area contributed by atoms with Crippen LogP contribution in [-0.4, -0.2) is 20.3 Å². The molecule has 3 heterocycles. The van der Waals surface area contributed by atoms with Crippen LogP contribution in [0.4, 0.5) is 0 Å². The second kappa shape index (κ2) is 4.20. The molecule has 0 fully saturated rings. The summed E-state index contributed by atoms with van der Waals surface area (Å²) in [5.41, 5.74) is 9.17. The summed E-state index contributed by atoms with van der Waals surface area (Å²) in [6, 6.07) is 7.76. The first-order valence-electron chi connectivity index (χ1n) is 5.85. The minimum absolute atomic E-state index is 0.263. The van der Waals surface area contributed by atoms with Crippen LogP contribution in [0, 0.1) is 6.92 Å². The highest BCUT2D eigenvalue weighted by molar-refractivity contribution is 5.91. The molecule has 0 aliphatic rings. The molecule has 0 spiro atoms. The number of hydrogen-bond acceptors (Lipinski definition) is 3. The standard InChI is InChI=1S/C14H12N4O/c1-9-2-3-10(6-16-9)11-4-5-13-17-12(14(15)19)8-18(13)7-11/h2-8H,1H3,(H2,15,19). The molecule has 0 aliphatic heterocycles. The Hall–Kier alpha value is -2.69. The number of nitrogens with two attached hydrogens (primary N) is 1. The van der Waals surface area contributed by atoms with Crippen LogP contribution in [0.3, 0.4) is 0 Å². The Morgan fingerprint density at radius 1 is 1.16 bits per heavy atom. The molecule has 0 aliphatic carbocycles. The van der Waals surface area contributed by atoms with Gasteiger partial charge in [0.1, 0.15) is 11.3 Å². The minimum Gasteiger partial charge on any atom is -0.364 e. The van der Waals surface area contributed by atoms with Gasteiger partial charge in [-0.15, -0.1) is 0 Å². The molecule has 0 saturated heterocycles. The van der Waals surface area contributed by atoms with Crippen molar-refractivity contribution in [3.05, 3.63) is 54.2 Å². The summed E-state index contributed by atoms with van der Waals surface area (Å²) in [4.78, 5) is 19.5. The first kappa shape index (κ1) is 11.4. The largest absolute Gasteiger partial charge is 0.364 e. The zero-order valence-corrected chi connectivity index (χ0v) is 10.4. The van der Waals surface area contributed by atoms with Gasteiger partial charge in [0, 0.05) is 29.8 Å². The van der Waals surface area contributed by atoms with E-state index in [9.17, 15) is 4.79 Å². The van der Waals surface area contributed by atoms with Crippen molar-refractivity contribution in [3.63, 3.8) is 0 Å². The van der Waals surface area contributed by atoms with E-state index in [1.165, 1.54) is 0 Å². The number of fused-ring (bicyclic) bond motifs is 1. The van der Waals surface area contributed by atoms with Gasteiger partial charge in [-0.05, 0) is 30.7 Å². The van der Waals surface area contributed by atoms with Gasteiger partial charge >= 0.3 is 0 Å². The maximum absolute atomic E-state index is 11.1. The van der Waals surface area contributed by atoms with Crippen molar-refractivity contribution in [2.24, 2.45) is 5.73 Å². The fourth-order valence-corrected chi connectivity index (χ4v) is 1.92. The van der Waals surface area contributed by atoms with Crippen molar-refractivity contribution in [2.45, 2.75) is 6.92 Å². The molecule has 5 heteroatoms. The Bertz CT molecular complexity index is 759. The second-order valence-electron chi connectivity index (χ2n) is 4.36. The summed E-state index contributed by atoms with van der Waals surface area (Å²) in [6.07, 6.45) is 5.35. The van der Waals surface area contributed by atoms with Gasteiger partial charge in [0.05, 0.1) is 0 Å². The number of primary amides is 1. The summed E-state index contributed by atoms with van der Waals surface area (Å²) in [5, 5.41) is 0. The van der Waals surface area contributed by atoms with Crippen LogP contribution in [0.1, 0.15) is 16.2 Å². The lowest BCUT2D eigenvalue weighted by molar-refractivity contribution is 0.0996. The molecular formula is C14H12N4O. The summed E-state index contributed by atoms with van der Waals surface area (Å²) in [5.74, 6) is -0.526. The average molecular weight is 252 g/mol. The fraction of sp³-hybridized carbons (Fsp3) is 0.0714. The van der Waals surface area contributed by atoms with Gasteiger partial charge in [0.15, 0.2) is 0 Å². The molecule has 0 aromatic carbocycles. The molecule has 94 valence electrons.